The number of rotatable bonds is 10. The van der Waals surface area contributed by atoms with Gasteiger partial charge in [0.2, 0.25) is 5.78 Å². The molecule has 0 aliphatic carbocycles. The lowest BCUT2D eigenvalue weighted by Gasteiger charge is -2.07. The van der Waals surface area contributed by atoms with E-state index in [4.69, 9.17) is 4.84 Å². The first-order valence-electron chi connectivity index (χ1n) is 13.6. The summed E-state index contributed by atoms with van der Waals surface area (Å²) in [5.74, 6) is -0.335. The average Bonchev–Trinajstić information content (AvgIpc) is 3.31. The Hall–Kier alpha value is -3.76. The molecule has 0 bridgehead atoms. The Balaban J connectivity index is 1.50. The Labute approximate surface area is 262 Å². The molecule has 0 saturated carbocycles. The van der Waals surface area contributed by atoms with Crippen molar-refractivity contribution in [3.05, 3.63) is 111 Å². The zero-order valence-electron chi connectivity index (χ0n) is 23.5. The number of hydrogen-bond donors (Lipinski definition) is 0. The van der Waals surface area contributed by atoms with E-state index in [-0.39, 0.29) is 17.3 Å². The second kappa shape index (κ2) is 13.0. The Bertz CT molecular complexity index is 1860. The number of ketones is 2. The van der Waals surface area contributed by atoms with Gasteiger partial charge in [-0.2, -0.15) is 0 Å². The summed E-state index contributed by atoms with van der Waals surface area (Å²) in [6, 6.07) is 27.0. The fourth-order valence-corrected chi connectivity index (χ4v) is 6.21. The summed E-state index contributed by atoms with van der Waals surface area (Å²) in [5.41, 5.74) is 4.76. The molecule has 0 radical (unpaired) electrons. The maximum Gasteiger partial charge on any atom is 0.331 e. The zero-order valence-corrected chi connectivity index (χ0v) is 26.5. The fourth-order valence-electron chi connectivity index (χ4n) is 4.99. The second-order valence-electron chi connectivity index (χ2n) is 9.85. The van der Waals surface area contributed by atoms with Crippen molar-refractivity contribution in [3.8, 4) is 0 Å². The molecule has 0 aliphatic heterocycles. The first kappa shape index (κ1) is 29.7. The highest BCUT2D eigenvalue weighted by atomic mass is 127. The van der Waals surface area contributed by atoms with E-state index >= 15 is 0 Å². The molecule has 5 rings (SSSR count). The standard InChI is InChI=1S/C34H29IN2O4S/c1-4-37-31-15-9-23(33(39)27-8-6-5-7-21(27)2)19-28(31)29-20-24(10-16-32(29)37)34(40)30(36-41-22(3)38)17-18-42-26-13-11-25(35)12-14-26/h5-16,19-20H,4,17-18H2,1-3H3/b36-30+. The number of aromatic nitrogens is 1. The molecule has 42 heavy (non-hydrogen) atoms. The van der Waals surface area contributed by atoms with Crippen molar-refractivity contribution < 1.29 is 19.2 Å². The first-order chi connectivity index (χ1) is 20.3. The minimum absolute atomic E-state index is 0.0407. The molecule has 212 valence electrons. The van der Waals surface area contributed by atoms with Crippen LogP contribution in [0.15, 0.2) is 95.0 Å². The Morgan fingerprint density at radius 1 is 0.881 bits per heavy atom. The topological polar surface area (TPSA) is 77.7 Å². The van der Waals surface area contributed by atoms with E-state index in [2.05, 4.69) is 39.2 Å². The molecule has 1 heterocycles. The molecular formula is C34H29IN2O4S. The molecule has 0 unspecified atom stereocenters. The predicted molar refractivity (Wildman–Crippen MR) is 178 cm³/mol. The minimum atomic E-state index is -0.585. The maximum absolute atomic E-state index is 13.7. The number of fused-ring (bicyclic) bond motifs is 3. The molecule has 0 saturated heterocycles. The molecule has 0 atom stereocenters. The van der Waals surface area contributed by atoms with Gasteiger partial charge in [0.1, 0.15) is 5.71 Å². The molecular weight excluding hydrogens is 659 g/mol. The van der Waals surface area contributed by atoms with Gasteiger partial charge < -0.3 is 9.40 Å². The number of oxime groups is 1. The van der Waals surface area contributed by atoms with Gasteiger partial charge >= 0.3 is 5.97 Å². The summed E-state index contributed by atoms with van der Waals surface area (Å²) in [5, 5.41) is 5.71. The largest absolute Gasteiger partial charge is 0.341 e. The third kappa shape index (κ3) is 6.34. The normalized spacial score (nSPS) is 11.7. The van der Waals surface area contributed by atoms with Crippen molar-refractivity contribution in [2.24, 2.45) is 5.16 Å². The van der Waals surface area contributed by atoms with Gasteiger partial charge in [-0.3, -0.25) is 9.59 Å². The quantitative estimate of drug-likeness (QED) is 0.0369. The van der Waals surface area contributed by atoms with Crippen LogP contribution in [-0.4, -0.2) is 33.6 Å². The molecule has 0 aliphatic rings. The van der Waals surface area contributed by atoms with Gasteiger partial charge in [-0.1, -0.05) is 29.4 Å². The molecule has 6 nitrogen and oxygen atoms in total. The van der Waals surface area contributed by atoms with Crippen molar-refractivity contribution >= 4 is 79.4 Å². The van der Waals surface area contributed by atoms with Gasteiger partial charge in [-0.05, 0) is 103 Å². The Morgan fingerprint density at radius 3 is 2.17 bits per heavy atom. The van der Waals surface area contributed by atoms with Gasteiger partial charge in [-0.25, -0.2) is 4.79 Å². The van der Waals surface area contributed by atoms with Gasteiger partial charge in [-0.15, -0.1) is 11.8 Å². The van der Waals surface area contributed by atoms with Crippen LogP contribution in [-0.2, 0) is 16.2 Å². The minimum Gasteiger partial charge on any atom is -0.341 e. The van der Waals surface area contributed by atoms with Crippen LogP contribution in [0, 0.1) is 10.5 Å². The first-order valence-corrected chi connectivity index (χ1v) is 15.7. The van der Waals surface area contributed by atoms with Crippen LogP contribution in [0.25, 0.3) is 21.8 Å². The number of thioether (sulfide) groups is 1. The monoisotopic (exact) mass is 688 g/mol. The number of hydrogen-bond acceptors (Lipinski definition) is 6. The number of carbonyl (C=O) groups is 3. The number of benzene rings is 4. The number of aryl methyl sites for hydroxylation is 2. The lowest BCUT2D eigenvalue weighted by Crippen LogP contribution is -2.16. The molecule has 4 aromatic carbocycles. The van der Waals surface area contributed by atoms with E-state index in [0.717, 1.165) is 42.4 Å². The smallest absolute Gasteiger partial charge is 0.331 e. The van der Waals surface area contributed by atoms with Crippen molar-refractivity contribution in [3.63, 3.8) is 0 Å². The van der Waals surface area contributed by atoms with E-state index < -0.39 is 5.97 Å². The Kier molecular flexibility index (Phi) is 9.23. The third-order valence-electron chi connectivity index (χ3n) is 7.06. The van der Waals surface area contributed by atoms with Crippen LogP contribution in [0.3, 0.4) is 0 Å². The van der Waals surface area contributed by atoms with Gasteiger partial charge in [0.25, 0.3) is 0 Å². The number of Topliss-reactive ketones (excluding diaryl/α,β-unsaturated/α-hetero) is 1. The summed E-state index contributed by atoms with van der Waals surface area (Å²) in [7, 11) is 0. The number of halogens is 1. The SMILES string of the molecule is CCn1c2ccc(C(=O)/C(CCSc3ccc(I)cc3)=N/OC(C)=O)cc2c2cc(C(=O)c3ccccc3C)ccc21. The van der Waals surface area contributed by atoms with Crippen molar-refractivity contribution in [1.82, 2.24) is 4.57 Å². The van der Waals surface area contributed by atoms with E-state index in [1.54, 1.807) is 17.8 Å². The van der Waals surface area contributed by atoms with Crippen molar-refractivity contribution in [1.29, 1.82) is 0 Å². The van der Waals surface area contributed by atoms with Gasteiger partial charge in [0, 0.05) is 72.6 Å². The summed E-state index contributed by atoms with van der Waals surface area (Å²) >= 11 is 3.87. The van der Waals surface area contributed by atoms with Crippen LogP contribution in [0.4, 0.5) is 0 Å². The molecule has 1 aromatic heterocycles. The molecule has 5 aromatic rings. The van der Waals surface area contributed by atoms with Crippen LogP contribution in [0.2, 0.25) is 0 Å². The predicted octanol–water partition coefficient (Wildman–Crippen LogP) is 8.24. The number of nitrogens with zero attached hydrogens (tertiary/aromatic N) is 2. The van der Waals surface area contributed by atoms with Crippen LogP contribution < -0.4 is 0 Å². The van der Waals surface area contributed by atoms with Crippen LogP contribution >= 0.6 is 34.4 Å². The second-order valence-corrected chi connectivity index (χ2v) is 12.3. The lowest BCUT2D eigenvalue weighted by molar-refractivity contribution is -0.140. The fraction of sp³-hybridized carbons (Fsp3) is 0.176. The number of carbonyl (C=O) groups excluding carboxylic acids is 3. The van der Waals surface area contributed by atoms with E-state index in [0.29, 0.717) is 28.9 Å². The van der Waals surface area contributed by atoms with E-state index in [1.807, 2.05) is 85.8 Å². The van der Waals surface area contributed by atoms with Crippen LogP contribution in [0.1, 0.15) is 52.1 Å². The highest BCUT2D eigenvalue weighted by Gasteiger charge is 2.20. The third-order valence-corrected chi connectivity index (χ3v) is 8.80. The average molecular weight is 689 g/mol. The summed E-state index contributed by atoms with van der Waals surface area (Å²) < 4.78 is 3.32. The highest BCUT2D eigenvalue weighted by Crippen LogP contribution is 2.32. The molecule has 0 amide bonds. The van der Waals surface area contributed by atoms with Crippen molar-refractivity contribution in [2.75, 3.05) is 5.75 Å². The van der Waals surface area contributed by atoms with Gasteiger partial charge in [0.15, 0.2) is 5.78 Å². The summed E-state index contributed by atoms with van der Waals surface area (Å²) in [6.45, 7) is 5.99. The van der Waals surface area contributed by atoms with Crippen molar-refractivity contribution in [2.45, 2.75) is 38.6 Å². The van der Waals surface area contributed by atoms with Gasteiger partial charge in [0.05, 0.1) is 0 Å². The maximum atomic E-state index is 13.7. The molecule has 0 fully saturated rings. The lowest BCUT2D eigenvalue weighted by atomic mass is 9.97. The Morgan fingerprint density at radius 2 is 1.52 bits per heavy atom. The summed E-state index contributed by atoms with van der Waals surface area (Å²) in [6.07, 6.45) is 0.326. The highest BCUT2D eigenvalue weighted by molar-refractivity contribution is 14.1. The zero-order chi connectivity index (χ0) is 29.8. The van der Waals surface area contributed by atoms with E-state index in [9.17, 15) is 14.4 Å². The molecule has 0 N–H and O–H groups in total. The van der Waals surface area contributed by atoms with Crippen LogP contribution in [0.5, 0.6) is 0 Å². The molecule has 8 heteroatoms. The summed E-state index contributed by atoms with van der Waals surface area (Å²) in [4.78, 5) is 44.6. The molecule has 0 spiro atoms. The van der Waals surface area contributed by atoms with E-state index in [1.165, 1.54) is 6.92 Å².